The second-order valence-corrected chi connectivity index (χ2v) is 14.3. The van der Waals surface area contributed by atoms with E-state index in [9.17, 15) is 14.0 Å². The van der Waals surface area contributed by atoms with Gasteiger partial charge in [-0.2, -0.15) is 0 Å². The third-order valence-electron chi connectivity index (χ3n) is 9.76. The van der Waals surface area contributed by atoms with Crippen molar-refractivity contribution >= 4 is 45.9 Å². The van der Waals surface area contributed by atoms with Crippen molar-refractivity contribution in [2.24, 2.45) is 0 Å². The standard InChI is InChI=1S/C41H59ClFN5O5/c1-3-4-5-6-7-8-9-10-11-12-13-14-15-26-53-40(50)20-19-39(49)48-24-22-47(23-25-48)21-16-27-52-38-29-33-36(30-37(38)51-2)44-31-45-41(33)46-32-17-18-35(43)34(42)28-32/h17-18,28-31H,3-16,19-27H2,1-2H3,(H,44,45,46). The summed E-state index contributed by atoms with van der Waals surface area (Å²) in [6.07, 6.45) is 19.2. The molecule has 2 aromatic carbocycles. The first-order valence-corrected chi connectivity index (χ1v) is 20.1. The molecule has 1 amide bonds. The van der Waals surface area contributed by atoms with Crippen LogP contribution in [-0.4, -0.2) is 84.7 Å². The number of methoxy groups -OCH3 is 1. The maximum Gasteiger partial charge on any atom is 0.306 e. The average Bonchev–Trinajstić information content (AvgIpc) is 3.17. The number of hydrogen-bond donors (Lipinski definition) is 1. The number of ether oxygens (including phenoxy) is 3. The van der Waals surface area contributed by atoms with Crippen molar-refractivity contribution in [2.45, 2.75) is 110 Å². The molecule has 1 aliphatic heterocycles. The molecule has 0 unspecified atom stereocenters. The lowest BCUT2D eigenvalue weighted by Crippen LogP contribution is -2.49. The normalized spacial score (nSPS) is 13.3. The van der Waals surface area contributed by atoms with E-state index in [1.807, 2.05) is 11.0 Å². The Morgan fingerprint density at radius 2 is 1.49 bits per heavy atom. The monoisotopic (exact) mass is 755 g/mol. The molecule has 2 heterocycles. The molecular weight excluding hydrogens is 697 g/mol. The van der Waals surface area contributed by atoms with Crippen molar-refractivity contribution in [3.05, 3.63) is 47.5 Å². The van der Waals surface area contributed by atoms with Crippen molar-refractivity contribution in [1.29, 1.82) is 0 Å². The summed E-state index contributed by atoms with van der Waals surface area (Å²) in [5.41, 5.74) is 1.25. The van der Waals surface area contributed by atoms with Gasteiger partial charge in [0.1, 0.15) is 18.0 Å². The number of carbonyl (C=O) groups is 2. The summed E-state index contributed by atoms with van der Waals surface area (Å²) in [6.45, 7) is 6.82. The molecule has 0 aliphatic carbocycles. The van der Waals surface area contributed by atoms with Crippen LogP contribution >= 0.6 is 11.6 Å². The number of benzene rings is 2. The van der Waals surface area contributed by atoms with Crippen molar-refractivity contribution < 1.29 is 28.2 Å². The highest BCUT2D eigenvalue weighted by atomic mass is 35.5. The second-order valence-electron chi connectivity index (χ2n) is 13.9. The number of carbonyl (C=O) groups excluding carboxylic acids is 2. The quantitative estimate of drug-likeness (QED) is 0.0669. The number of nitrogens with zero attached hydrogens (tertiary/aromatic N) is 4. The predicted octanol–water partition coefficient (Wildman–Crippen LogP) is 9.50. The Labute approximate surface area is 320 Å². The number of esters is 1. The van der Waals surface area contributed by atoms with Crippen LogP contribution in [-0.2, 0) is 14.3 Å². The van der Waals surface area contributed by atoms with Crippen molar-refractivity contribution in [1.82, 2.24) is 19.8 Å². The number of nitrogens with one attached hydrogen (secondary N) is 1. The zero-order chi connectivity index (χ0) is 37.7. The number of aromatic nitrogens is 2. The molecule has 1 saturated heterocycles. The molecule has 1 aromatic heterocycles. The number of unbranched alkanes of at least 4 members (excludes halogenated alkanes) is 12. The fraction of sp³-hybridized carbons (Fsp3) is 0.610. The Kier molecular flexibility index (Phi) is 18.9. The summed E-state index contributed by atoms with van der Waals surface area (Å²) < 4.78 is 30.8. The minimum atomic E-state index is -0.496. The number of rotatable bonds is 25. The minimum absolute atomic E-state index is 0.00894. The molecule has 3 aromatic rings. The minimum Gasteiger partial charge on any atom is -0.493 e. The summed E-state index contributed by atoms with van der Waals surface area (Å²) in [7, 11) is 1.58. The third kappa shape index (κ3) is 14.9. The fourth-order valence-electron chi connectivity index (χ4n) is 6.58. The SMILES string of the molecule is CCCCCCCCCCCCCCCOC(=O)CCC(=O)N1CCN(CCCOc2cc3c(Nc4ccc(F)c(Cl)c4)ncnc3cc2OC)CC1. The Morgan fingerprint density at radius 1 is 0.811 bits per heavy atom. The summed E-state index contributed by atoms with van der Waals surface area (Å²) in [5.74, 6) is 0.881. The number of hydrogen-bond acceptors (Lipinski definition) is 9. The molecule has 0 radical (unpaired) electrons. The van der Waals surface area contributed by atoms with Gasteiger partial charge in [-0.25, -0.2) is 14.4 Å². The van der Waals surface area contributed by atoms with E-state index < -0.39 is 5.82 Å². The topological polar surface area (TPSA) is 106 Å². The number of fused-ring (bicyclic) bond motifs is 1. The first-order chi connectivity index (χ1) is 25.9. The fourth-order valence-corrected chi connectivity index (χ4v) is 6.76. The Bertz CT molecular complexity index is 1550. The van der Waals surface area contributed by atoms with Gasteiger partial charge >= 0.3 is 5.97 Å². The van der Waals surface area contributed by atoms with Gasteiger partial charge in [0.05, 0.1) is 37.3 Å². The van der Waals surface area contributed by atoms with Crippen LogP contribution in [0.5, 0.6) is 11.5 Å². The van der Waals surface area contributed by atoms with E-state index in [1.54, 1.807) is 19.2 Å². The van der Waals surface area contributed by atoms with Crippen molar-refractivity contribution in [2.75, 3.05) is 58.4 Å². The molecular formula is C41H59ClFN5O5. The average molecular weight is 756 g/mol. The number of anilines is 2. The number of halogens is 2. The van der Waals surface area contributed by atoms with Crippen molar-refractivity contribution in [3.63, 3.8) is 0 Å². The molecule has 1 fully saturated rings. The first kappa shape index (κ1) is 42.0. The van der Waals surface area contributed by atoms with Gasteiger partial charge < -0.3 is 24.4 Å². The lowest BCUT2D eigenvalue weighted by molar-refractivity contribution is -0.146. The Balaban J connectivity index is 1.06. The zero-order valence-electron chi connectivity index (χ0n) is 31.8. The summed E-state index contributed by atoms with van der Waals surface area (Å²) in [6, 6.07) is 8.01. The Hall–Kier alpha value is -3.70. The number of piperazine rings is 1. The van der Waals surface area contributed by atoms with Gasteiger partial charge in [-0.1, -0.05) is 95.6 Å². The van der Waals surface area contributed by atoms with Crippen LogP contribution in [0.3, 0.4) is 0 Å². The molecule has 0 bridgehead atoms. The van der Waals surface area contributed by atoms with E-state index in [1.165, 1.54) is 89.1 Å². The molecule has 0 spiro atoms. The number of amides is 1. The van der Waals surface area contributed by atoms with Crippen LogP contribution in [0.2, 0.25) is 5.02 Å². The van der Waals surface area contributed by atoms with E-state index in [4.69, 9.17) is 25.8 Å². The highest BCUT2D eigenvalue weighted by molar-refractivity contribution is 6.31. The molecule has 10 nitrogen and oxygen atoms in total. The molecule has 12 heteroatoms. The van der Waals surface area contributed by atoms with Gasteiger partial charge in [0, 0.05) is 56.3 Å². The zero-order valence-corrected chi connectivity index (χ0v) is 32.6. The molecule has 0 saturated carbocycles. The maximum atomic E-state index is 13.7. The van der Waals surface area contributed by atoms with Gasteiger partial charge in [0.15, 0.2) is 11.5 Å². The highest BCUT2D eigenvalue weighted by Gasteiger charge is 2.22. The third-order valence-corrected chi connectivity index (χ3v) is 10.0. The van der Waals surface area contributed by atoms with Crippen LogP contribution in [0.15, 0.2) is 36.7 Å². The lowest BCUT2D eigenvalue weighted by Gasteiger charge is -2.34. The smallest absolute Gasteiger partial charge is 0.306 e. The van der Waals surface area contributed by atoms with Gasteiger partial charge in [-0.05, 0) is 37.1 Å². The van der Waals surface area contributed by atoms with E-state index >= 15 is 0 Å². The van der Waals surface area contributed by atoms with Crippen molar-refractivity contribution in [3.8, 4) is 11.5 Å². The molecule has 1 N–H and O–H groups in total. The molecule has 0 atom stereocenters. The molecule has 292 valence electrons. The van der Waals surface area contributed by atoms with Crippen LogP contribution in [0.4, 0.5) is 15.9 Å². The van der Waals surface area contributed by atoms with E-state index in [0.29, 0.717) is 60.2 Å². The van der Waals surface area contributed by atoms with Crippen LogP contribution < -0.4 is 14.8 Å². The first-order valence-electron chi connectivity index (χ1n) is 19.7. The van der Waals surface area contributed by atoms with E-state index in [-0.39, 0.29) is 29.7 Å². The van der Waals surface area contributed by atoms with Crippen LogP contribution in [0, 0.1) is 5.82 Å². The summed E-state index contributed by atoms with van der Waals surface area (Å²) in [5, 5.41) is 3.91. The van der Waals surface area contributed by atoms with E-state index in [0.717, 1.165) is 38.9 Å². The second kappa shape index (κ2) is 23.9. The van der Waals surface area contributed by atoms with Gasteiger partial charge in [0.25, 0.3) is 0 Å². The maximum absolute atomic E-state index is 13.7. The van der Waals surface area contributed by atoms with Crippen LogP contribution in [0.25, 0.3) is 10.9 Å². The van der Waals surface area contributed by atoms with Gasteiger partial charge in [-0.3, -0.25) is 14.5 Å². The molecule has 4 rings (SSSR count). The summed E-state index contributed by atoms with van der Waals surface area (Å²) in [4.78, 5) is 37.9. The van der Waals surface area contributed by atoms with Gasteiger partial charge in [0.2, 0.25) is 5.91 Å². The van der Waals surface area contributed by atoms with Gasteiger partial charge in [-0.15, -0.1) is 0 Å². The predicted molar refractivity (Wildman–Crippen MR) is 210 cm³/mol. The highest BCUT2D eigenvalue weighted by Crippen LogP contribution is 2.35. The summed E-state index contributed by atoms with van der Waals surface area (Å²) >= 11 is 5.96. The van der Waals surface area contributed by atoms with Crippen LogP contribution in [0.1, 0.15) is 110 Å². The molecule has 53 heavy (non-hydrogen) atoms. The lowest BCUT2D eigenvalue weighted by atomic mass is 10.0. The largest absolute Gasteiger partial charge is 0.493 e. The Morgan fingerprint density at radius 3 is 2.15 bits per heavy atom. The molecule has 1 aliphatic rings. The van der Waals surface area contributed by atoms with E-state index in [2.05, 4.69) is 27.1 Å².